The smallest absolute Gasteiger partial charge is 0.147 e. The minimum atomic E-state index is -2.66. The van der Waals surface area contributed by atoms with Crippen LogP contribution in [0.1, 0.15) is 5.56 Å². The molecular formula is C19H16IOP. The zero-order chi connectivity index (χ0) is 15.4. The molecule has 1 nitrogen and oxygen atoms in total. The van der Waals surface area contributed by atoms with Crippen molar-refractivity contribution in [3.8, 4) is 0 Å². The quantitative estimate of drug-likeness (QED) is 0.439. The summed E-state index contributed by atoms with van der Waals surface area (Å²) in [5, 5.41) is 1.83. The van der Waals surface area contributed by atoms with E-state index in [9.17, 15) is 4.57 Å². The van der Waals surface area contributed by atoms with Crippen LogP contribution in [0.2, 0.25) is 0 Å². The van der Waals surface area contributed by atoms with Gasteiger partial charge in [0.05, 0.1) is 0 Å². The third kappa shape index (κ3) is 3.34. The Morgan fingerprint density at radius 1 is 0.682 bits per heavy atom. The van der Waals surface area contributed by atoms with Gasteiger partial charge in [0.1, 0.15) is 7.14 Å². The van der Waals surface area contributed by atoms with E-state index in [2.05, 4.69) is 46.9 Å². The first kappa shape index (κ1) is 15.5. The van der Waals surface area contributed by atoms with Crippen molar-refractivity contribution < 1.29 is 4.57 Å². The van der Waals surface area contributed by atoms with Gasteiger partial charge in [-0.05, 0) is 40.3 Å². The minimum Gasteiger partial charge on any atom is -0.313 e. The average molecular weight is 418 g/mol. The summed E-state index contributed by atoms with van der Waals surface area (Å²) in [6.07, 6.45) is 0.554. The van der Waals surface area contributed by atoms with Crippen molar-refractivity contribution in [2.45, 2.75) is 6.16 Å². The van der Waals surface area contributed by atoms with E-state index in [1.807, 2.05) is 60.7 Å². The fourth-order valence-electron chi connectivity index (χ4n) is 2.52. The third-order valence-corrected chi connectivity index (χ3v) is 7.46. The third-order valence-electron chi connectivity index (χ3n) is 3.67. The first-order valence-corrected chi connectivity index (χ1v) is 10.1. The second-order valence-electron chi connectivity index (χ2n) is 5.20. The molecular weight excluding hydrogens is 402 g/mol. The summed E-state index contributed by atoms with van der Waals surface area (Å²) < 4.78 is 15.1. The van der Waals surface area contributed by atoms with Crippen LogP contribution in [0.3, 0.4) is 0 Å². The van der Waals surface area contributed by atoms with Gasteiger partial charge >= 0.3 is 0 Å². The Morgan fingerprint density at radius 2 is 1.14 bits per heavy atom. The van der Waals surface area contributed by atoms with Crippen LogP contribution >= 0.6 is 29.7 Å². The van der Waals surface area contributed by atoms with Gasteiger partial charge in [-0.15, -0.1) is 0 Å². The summed E-state index contributed by atoms with van der Waals surface area (Å²) in [5.74, 6) is 0. The first-order chi connectivity index (χ1) is 10.7. The SMILES string of the molecule is O=P(Cc1ccc(I)cc1)(c1ccccc1)c1ccccc1. The van der Waals surface area contributed by atoms with Gasteiger partial charge in [0.15, 0.2) is 0 Å². The first-order valence-electron chi connectivity index (χ1n) is 7.13. The minimum absolute atomic E-state index is 0.554. The second-order valence-corrected chi connectivity index (χ2v) is 9.27. The van der Waals surface area contributed by atoms with Gasteiger partial charge in [-0.2, -0.15) is 0 Å². The monoisotopic (exact) mass is 418 g/mol. The van der Waals surface area contributed by atoms with E-state index in [0.29, 0.717) is 6.16 Å². The Balaban J connectivity index is 2.08. The molecule has 0 saturated carbocycles. The van der Waals surface area contributed by atoms with Gasteiger partial charge in [-0.3, -0.25) is 0 Å². The highest BCUT2D eigenvalue weighted by atomic mass is 127. The molecule has 0 heterocycles. The largest absolute Gasteiger partial charge is 0.313 e. The Kier molecular flexibility index (Phi) is 4.80. The molecule has 0 saturated heterocycles. The number of rotatable bonds is 4. The molecule has 0 aliphatic rings. The van der Waals surface area contributed by atoms with Crippen LogP contribution in [-0.4, -0.2) is 0 Å². The second kappa shape index (κ2) is 6.80. The predicted molar refractivity (Wildman–Crippen MR) is 103 cm³/mol. The van der Waals surface area contributed by atoms with Crippen molar-refractivity contribution in [1.82, 2.24) is 0 Å². The fraction of sp³-hybridized carbons (Fsp3) is 0.0526. The van der Waals surface area contributed by atoms with Gasteiger partial charge < -0.3 is 4.57 Å². The van der Waals surface area contributed by atoms with Crippen LogP contribution in [0.5, 0.6) is 0 Å². The van der Waals surface area contributed by atoms with Crippen molar-refractivity contribution in [2.75, 3.05) is 0 Å². The molecule has 110 valence electrons. The lowest BCUT2D eigenvalue weighted by Gasteiger charge is -2.19. The summed E-state index contributed by atoms with van der Waals surface area (Å²) in [6.45, 7) is 0. The van der Waals surface area contributed by atoms with Crippen molar-refractivity contribution >= 4 is 40.3 Å². The van der Waals surface area contributed by atoms with E-state index in [1.165, 1.54) is 3.57 Å². The van der Waals surface area contributed by atoms with E-state index in [-0.39, 0.29) is 0 Å². The van der Waals surface area contributed by atoms with Gasteiger partial charge in [0, 0.05) is 20.3 Å². The fourth-order valence-corrected chi connectivity index (χ4v) is 5.57. The lowest BCUT2D eigenvalue weighted by Crippen LogP contribution is -2.17. The Labute approximate surface area is 144 Å². The molecule has 3 rings (SSSR count). The molecule has 0 unspecified atom stereocenters. The van der Waals surface area contributed by atoms with E-state index in [0.717, 1.165) is 16.2 Å². The molecule has 22 heavy (non-hydrogen) atoms. The predicted octanol–water partition coefficient (Wildman–Crippen LogP) is 4.81. The maximum absolute atomic E-state index is 13.9. The standard InChI is InChI=1S/C19H16IOP/c20-17-13-11-16(12-14-17)15-22(21,18-7-3-1-4-8-18)19-9-5-2-6-10-19/h1-14H,15H2. The number of hydrogen-bond donors (Lipinski definition) is 0. The van der Waals surface area contributed by atoms with Gasteiger partial charge in [0.2, 0.25) is 0 Å². The summed E-state index contributed by atoms with van der Waals surface area (Å²) in [5.41, 5.74) is 1.11. The molecule has 3 heteroatoms. The van der Waals surface area contributed by atoms with E-state index < -0.39 is 7.14 Å². The number of halogens is 1. The van der Waals surface area contributed by atoms with Crippen molar-refractivity contribution in [2.24, 2.45) is 0 Å². The van der Waals surface area contributed by atoms with Crippen molar-refractivity contribution in [3.05, 3.63) is 94.1 Å². The highest BCUT2D eigenvalue weighted by Gasteiger charge is 2.27. The van der Waals surface area contributed by atoms with Gasteiger partial charge in [0.25, 0.3) is 0 Å². The average Bonchev–Trinajstić information content (AvgIpc) is 2.58. The summed E-state index contributed by atoms with van der Waals surface area (Å²) >= 11 is 2.29. The van der Waals surface area contributed by atoms with Crippen LogP contribution in [0, 0.1) is 3.57 Å². The van der Waals surface area contributed by atoms with Crippen LogP contribution in [0.25, 0.3) is 0 Å². The van der Waals surface area contributed by atoms with Crippen molar-refractivity contribution in [3.63, 3.8) is 0 Å². The van der Waals surface area contributed by atoms with E-state index in [4.69, 9.17) is 0 Å². The number of benzene rings is 3. The Hall–Kier alpha value is -1.38. The molecule has 3 aromatic carbocycles. The molecule has 0 bridgehead atoms. The molecule has 0 aromatic heterocycles. The molecule has 0 radical (unpaired) electrons. The zero-order valence-electron chi connectivity index (χ0n) is 12.0. The molecule has 0 aliphatic carbocycles. The highest BCUT2D eigenvalue weighted by Crippen LogP contribution is 2.46. The van der Waals surface area contributed by atoms with E-state index in [1.54, 1.807) is 0 Å². The lowest BCUT2D eigenvalue weighted by atomic mass is 10.2. The molecule has 0 N–H and O–H groups in total. The van der Waals surface area contributed by atoms with Crippen LogP contribution < -0.4 is 10.6 Å². The topological polar surface area (TPSA) is 17.1 Å². The maximum Gasteiger partial charge on any atom is 0.147 e. The Morgan fingerprint density at radius 3 is 1.59 bits per heavy atom. The highest BCUT2D eigenvalue weighted by molar-refractivity contribution is 14.1. The molecule has 0 amide bonds. The molecule has 0 aliphatic heterocycles. The zero-order valence-corrected chi connectivity index (χ0v) is 15.1. The summed E-state index contributed by atoms with van der Waals surface area (Å²) in [4.78, 5) is 0. The Bertz CT molecular complexity index is 739. The van der Waals surface area contributed by atoms with Crippen molar-refractivity contribution in [1.29, 1.82) is 0 Å². The number of hydrogen-bond acceptors (Lipinski definition) is 1. The van der Waals surface area contributed by atoms with Crippen LogP contribution in [-0.2, 0) is 10.7 Å². The lowest BCUT2D eigenvalue weighted by molar-refractivity contribution is 0.586. The maximum atomic E-state index is 13.9. The van der Waals surface area contributed by atoms with Gasteiger partial charge in [-0.1, -0.05) is 72.8 Å². The van der Waals surface area contributed by atoms with E-state index >= 15 is 0 Å². The van der Waals surface area contributed by atoms with Crippen LogP contribution in [0.4, 0.5) is 0 Å². The normalized spacial score (nSPS) is 11.3. The van der Waals surface area contributed by atoms with Gasteiger partial charge in [-0.25, -0.2) is 0 Å². The summed E-state index contributed by atoms with van der Waals surface area (Å²) in [6, 6.07) is 27.9. The molecule has 0 atom stereocenters. The molecule has 0 fully saturated rings. The molecule has 3 aromatic rings. The molecule has 0 spiro atoms. The summed E-state index contributed by atoms with van der Waals surface area (Å²) in [7, 11) is -2.66. The van der Waals surface area contributed by atoms with Crippen LogP contribution in [0.15, 0.2) is 84.9 Å².